The van der Waals surface area contributed by atoms with Crippen LogP contribution >= 0.6 is 0 Å². The molecule has 0 bridgehead atoms. The molecule has 2 heterocycles. The number of hydrogen-bond donors (Lipinski definition) is 3. The topological polar surface area (TPSA) is 90.5 Å². The van der Waals surface area contributed by atoms with Gasteiger partial charge in [0.2, 0.25) is 5.56 Å². The Labute approximate surface area is 133 Å². The smallest absolute Gasteiger partial charge is 0.378 e. The SMILES string of the molecule is Cc1cc2n([nH]1)c(=O)c(C(=O)NC1CC1)c(O)[n+]2CC(C)(C)C. The van der Waals surface area contributed by atoms with Gasteiger partial charge < -0.3 is 10.4 Å². The average molecular weight is 319 g/mol. The molecule has 1 aliphatic carbocycles. The van der Waals surface area contributed by atoms with Crippen LogP contribution in [0.2, 0.25) is 0 Å². The van der Waals surface area contributed by atoms with E-state index >= 15 is 0 Å². The normalized spacial score (nSPS) is 15.1. The van der Waals surface area contributed by atoms with E-state index < -0.39 is 11.5 Å². The predicted molar refractivity (Wildman–Crippen MR) is 84.6 cm³/mol. The van der Waals surface area contributed by atoms with Crippen molar-refractivity contribution in [3.8, 4) is 5.88 Å². The highest BCUT2D eigenvalue weighted by molar-refractivity contribution is 5.96. The number of aromatic hydroxyl groups is 1. The lowest BCUT2D eigenvalue weighted by molar-refractivity contribution is -0.692. The number of rotatable bonds is 3. The van der Waals surface area contributed by atoms with Crippen LogP contribution in [0.25, 0.3) is 5.65 Å². The molecule has 0 atom stereocenters. The lowest BCUT2D eigenvalue weighted by atomic mass is 9.96. The number of carbonyl (C=O) groups excluding carboxylic acids is 1. The van der Waals surface area contributed by atoms with Gasteiger partial charge in [-0.15, -0.1) is 0 Å². The van der Waals surface area contributed by atoms with Crippen molar-refractivity contribution in [1.82, 2.24) is 14.9 Å². The van der Waals surface area contributed by atoms with Crippen molar-refractivity contribution in [1.29, 1.82) is 0 Å². The zero-order valence-corrected chi connectivity index (χ0v) is 13.9. The lowest BCUT2D eigenvalue weighted by Crippen LogP contribution is -2.47. The van der Waals surface area contributed by atoms with Crippen molar-refractivity contribution in [2.24, 2.45) is 5.41 Å². The van der Waals surface area contributed by atoms with Gasteiger partial charge in [-0.3, -0.25) is 4.79 Å². The summed E-state index contributed by atoms with van der Waals surface area (Å²) in [6, 6.07) is 1.90. The van der Waals surface area contributed by atoms with Crippen molar-refractivity contribution in [3.63, 3.8) is 0 Å². The van der Waals surface area contributed by atoms with E-state index in [1.54, 1.807) is 10.6 Å². The monoisotopic (exact) mass is 319 g/mol. The van der Waals surface area contributed by atoms with Gasteiger partial charge in [0.1, 0.15) is 0 Å². The van der Waals surface area contributed by atoms with Crippen LogP contribution in [0.5, 0.6) is 5.88 Å². The quantitative estimate of drug-likeness (QED) is 0.733. The summed E-state index contributed by atoms with van der Waals surface area (Å²) in [5, 5.41) is 16.3. The van der Waals surface area contributed by atoms with Gasteiger partial charge in [0.15, 0.2) is 0 Å². The molecule has 0 saturated heterocycles. The van der Waals surface area contributed by atoms with E-state index in [0.29, 0.717) is 12.2 Å². The number of fused-ring (bicyclic) bond motifs is 1. The van der Waals surface area contributed by atoms with Crippen molar-refractivity contribution in [2.45, 2.75) is 53.1 Å². The van der Waals surface area contributed by atoms with Gasteiger partial charge >= 0.3 is 17.1 Å². The minimum Gasteiger partial charge on any atom is -0.477 e. The van der Waals surface area contributed by atoms with Crippen LogP contribution in [0.15, 0.2) is 10.9 Å². The number of aryl methyl sites for hydroxylation is 1. The van der Waals surface area contributed by atoms with Crippen molar-refractivity contribution in [3.05, 3.63) is 27.7 Å². The van der Waals surface area contributed by atoms with Crippen LogP contribution in [0.4, 0.5) is 0 Å². The van der Waals surface area contributed by atoms with Crippen molar-refractivity contribution in [2.75, 3.05) is 0 Å². The number of aromatic amines is 1. The summed E-state index contributed by atoms with van der Waals surface area (Å²) < 4.78 is 2.94. The fourth-order valence-corrected chi connectivity index (χ4v) is 2.64. The number of nitrogens with zero attached hydrogens (tertiary/aromatic N) is 2. The number of aromatic nitrogens is 3. The molecule has 1 aliphatic rings. The number of hydrogen-bond acceptors (Lipinski definition) is 3. The third kappa shape index (κ3) is 2.95. The van der Waals surface area contributed by atoms with Gasteiger partial charge in [-0.1, -0.05) is 25.3 Å². The second-order valence-corrected chi connectivity index (χ2v) is 7.53. The van der Waals surface area contributed by atoms with Crippen LogP contribution in [0.3, 0.4) is 0 Å². The third-order valence-corrected chi connectivity index (χ3v) is 3.81. The molecule has 0 aromatic carbocycles. The molecular weight excluding hydrogens is 296 g/mol. The maximum Gasteiger partial charge on any atom is 0.378 e. The van der Waals surface area contributed by atoms with E-state index in [9.17, 15) is 14.7 Å². The van der Waals surface area contributed by atoms with E-state index in [4.69, 9.17) is 0 Å². The zero-order chi connectivity index (χ0) is 16.9. The number of nitrogens with one attached hydrogen (secondary N) is 2. The van der Waals surface area contributed by atoms with Gasteiger partial charge in [-0.25, -0.2) is 9.89 Å². The van der Waals surface area contributed by atoms with Crippen molar-refractivity contribution >= 4 is 11.6 Å². The zero-order valence-electron chi connectivity index (χ0n) is 13.9. The molecule has 2 aromatic heterocycles. The summed E-state index contributed by atoms with van der Waals surface area (Å²) in [5.41, 5.74) is 0.455. The van der Waals surface area contributed by atoms with Gasteiger partial charge in [-0.05, 0) is 25.2 Å². The Balaban J connectivity index is 2.22. The molecule has 0 unspecified atom stereocenters. The molecule has 1 amide bonds. The predicted octanol–water partition coefficient (Wildman–Crippen LogP) is 0.867. The molecule has 124 valence electrons. The maximum absolute atomic E-state index is 12.6. The van der Waals surface area contributed by atoms with Gasteiger partial charge in [-0.2, -0.15) is 4.57 Å². The first-order valence-corrected chi connectivity index (χ1v) is 7.85. The van der Waals surface area contributed by atoms with E-state index in [0.717, 1.165) is 18.5 Å². The summed E-state index contributed by atoms with van der Waals surface area (Å²) in [5.74, 6) is -0.790. The highest BCUT2D eigenvalue weighted by Gasteiger charge is 2.34. The van der Waals surface area contributed by atoms with Gasteiger partial charge in [0.25, 0.3) is 5.91 Å². The van der Waals surface area contributed by atoms with Gasteiger partial charge in [0.05, 0.1) is 18.3 Å². The molecule has 23 heavy (non-hydrogen) atoms. The molecule has 1 saturated carbocycles. The molecule has 0 aliphatic heterocycles. The summed E-state index contributed by atoms with van der Waals surface area (Å²) in [4.78, 5) is 25.0. The fourth-order valence-electron chi connectivity index (χ4n) is 2.64. The Kier molecular flexibility index (Phi) is 3.46. The summed E-state index contributed by atoms with van der Waals surface area (Å²) in [7, 11) is 0. The molecule has 0 spiro atoms. The Hall–Kier alpha value is -2.31. The summed E-state index contributed by atoms with van der Waals surface area (Å²) >= 11 is 0. The fraction of sp³-hybridized carbons (Fsp3) is 0.562. The number of H-pyrrole nitrogens is 1. The number of carbonyl (C=O) groups is 1. The first kappa shape index (κ1) is 15.6. The summed E-state index contributed by atoms with van der Waals surface area (Å²) in [6.45, 7) is 8.40. The van der Waals surface area contributed by atoms with E-state index in [-0.39, 0.29) is 22.9 Å². The molecule has 7 nitrogen and oxygen atoms in total. The van der Waals surface area contributed by atoms with E-state index in [2.05, 4.69) is 10.4 Å². The third-order valence-electron chi connectivity index (χ3n) is 3.81. The Morgan fingerprint density at radius 3 is 2.70 bits per heavy atom. The largest absolute Gasteiger partial charge is 0.477 e. The molecule has 7 heteroatoms. The molecule has 0 radical (unpaired) electrons. The number of amides is 1. The Morgan fingerprint density at radius 1 is 1.48 bits per heavy atom. The second kappa shape index (κ2) is 5.11. The first-order valence-electron chi connectivity index (χ1n) is 7.85. The molecular formula is C16H23N4O3+. The lowest BCUT2D eigenvalue weighted by Gasteiger charge is -2.17. The standard InChI is InChI=1S/C16H22N4O3/c1-9-7-11-19(8-16(2,3)4)14(22)12(15(23)20(11)18-9)13(21)17-10-5-6-10/h7,10H,5-6,8H2,1-4H3,(H2,17,21,22,23)/p+1. The maximum atomic E-state index is 12.6. The first-order chi connectivity index (χ1) is 10.7. The van der Waals surface area contributed by atoms with E-state index in [1.165, 1.54) is 4.52 Å². The van der Waals surface area contributed by atoms with Crippen LogP contribution in [-0.2, 0) is 6.54 Å². The Bertz CT molecular complexity index is 838. The van der Waals surface area contributed by atoms with Crippen LogP contribution < -0.4 is 15.4 Å². The Morgan fingerprint density at radius 2 is 2.13 bits per heavy atom. The molecule has 3 rings (SSSR count). The molecule has 3 N–H and O–H groups in total. The van der Waals surface area contributed by atoms with E-state index in [1.807, 2.05) is 27.7 Å². The van der Waals surface area contributed by atoms with Crippen LogP contribution in [0.1, 0.15) is 49.7 Å². The average Bonchev–Trinajstić information content (AvgIpc) is 3.13. The van der Waals surface area contributed by atoms with Crippen LogP contribution in [0, 0.1) is 12.3 Å². The molecule has 2 aromatic rings. The highest BCUT2D eigenvalue weighted by Crippen LogP contribution is 2.21. The van der Waals surface area contributed by atoms with Gasteiger partial charge in [0, 0.05) is 6.04 Å². The minimum atomic E-state index is -0.533. The van der Waals surface area contributed by atoms with Crippen LogP contribution in [-0.4, -0.2) is 26.7 Å². The molecule has 1 fully saturated rings. The second-order valence-electron chi connectivity index (χ2n) is 7.53. The highest BCUT2D eigenvalue weighted by atomic mass is 16.3. The summed E-state index contributed by atoms with van der Waals surface area (Å²) in [6.07, 6.45) is 1.83. The van der Waals surface area contributed by atoms with Crippen molar-refractivity contribution < 1.29 is 14.5 Å². The minimum absolute atomic E-state index is 0.114.